The molecule has 0 aliphatic carbocycles. The third-order valence-electron chi connectivity index (χ3n) is 2.09. The first-order valence-corrected chi connectivity index (χ1v) is 5.69. The van der Waals surface area contributed by atoms with E-state index in [0.717, 1.165) is 6.08 Å². The van der Waals surface area contributed by atoms with E-state index >= 15 is 0 Å². The summed E-state index contributed by atoms with van der Waals surface area (Å²) in [7, 11) is -2.89. The van der Waals surface area contributed by atoms with Crippen molar-refractivity contribution < 1.29 is 28.9 Å². The molecule has 0 atom stereocenters. The SMILES string of the molecule is C=CC(=O)O.CCC(CC)(C(=O)O)P(=O)=O. The lowest BCUT2D eigenvalue weighted by atomic mass is 10.0. The second kappa shape index (κ2) is 7.82. The molecule has 0 aliphatic rings. The van der Waals surface area contributed by atoms with Crippen LogP contribution >= 0.6 is 7.68 Å². The maximum atomic E-state index is 10.6. The second-order valence-electron chi connectivity index (χ2n) is 2.84. The van der Waals surface area contributed by atoms with Crippen LogP contribution in [0.1, 0.15) is 26.7 Å². The molecule has 0 aromatic rings. The molecule has 0 rings (SSSR count). The number of aliphatic carboxylic acids is 2. The summed E-state index contributed by atoms with van der Waals surface area (Å²) in [5.74, 6) is -2.23. The molecule has 0 amide bonds. The van der Waals surface area contributed by atoms with E-state index in [4.69, 9.17) is 10.2 Å². The fourth-order valence-electron chi connectivity index (χ4n) is 0.889. The molecular weight excluding hydrogens is 235 g/mol. The van der Waals surface area contributed by atoms with Crippen LogP contribution in [0.5, 0.6) is 0 Å². The van der Waals surface area contributed by atoms with Gasteiger partial charge in [-0.1, -0.05) is 20.4 Å². The van der Waals surface area contributed by atoms with Crippen molar-refractivity contribution in [1.29, 1.82) is 0 Å². The number of carboxylic acids is 2. The van der Waals surface area contributed by atoms with E-state index in [-0.39, 0.29) is 12.8 Å². The third kappa shape index (κ3) is 4.89. The second-order valence-corrected chi connectivity index (χ2v) is 4.21. The minimum absolute atomic E-state index is 0.123. The summed E-state index contributed by atoms with van der Waals surface area (Å²) in [6, 6.07) is 0. The topological polar surface area (TPSA) is 109 Å². The lowest BCUT2D eigenvalue weighted by Crippen LogP contribution is -2.31. The molecule has 7 heteroatoms. The highest BCUT2D eigenvalue weighted by Crippen LogP contribution is 2.35. The van der Waals surface area contributed by atoms with Gasteiger partial charge in [-0.05, 0) is 12.8 Å². The standard InChI is InChI=1S/C6H11O4P.C3H4O2/c1-3-6(4-2,5(7)8)11(9)10;1-2-3(4)5/h3-4H2,1-2H3,(H,7,8);2H,1H2,(H,4,5). The van der Waals surface area contributed by atoms with Gasteiger partial charge in [-0.25, -0.2) is 13.9 Å². The molecule has 0 aromatic heterocycles. The van der Waals surface area contributed by atoms with Crippen LogP contribution in [0.4, 0.5) is 0 Å². The van der Waals surface area contributed by atoms with Crippen molar-refractivity contribution in [3.8, 4) is 0 Å². The van der Waals surface area contributed by atoms with Crippen LogP contribution in [0.15, 0.2) is 12.7 Å². The number of carbonyl (C=O) groups is 2. The van der Waals surface area contributed by atoms with E-state index in [9.17, 15) is 18.7 Å². The Hall–Kier alpha value is -1.42. The van der Waals surface area contributed by atoms with E-state index in [1.54, 1.807) is 13.8 Å². The van der Waals surface area contributed by atoms with Gasteiger partial charge in [0.2, 0.25) is 0 Å². The third-order valence-corrected chi connectivity index (χ3v) is 3.61. The molecule has 0 spiro atoms. The molecule has 16 heavy (non-hydrogen) atoms. The van der Waals surface area contributed by atoms with Gasteiger partial charge in [-0.2, -0.15) is 0 Å². The van der Waals surface area contributed by atoms with E-state index in [2.05, 4.69) is 6.58 Å². The van der Waals surface area contributed by atoms with Gasteiger partial charge in [0.25, 0.3) is 0 Å². The average Bonchev–Trinajstić information content (AvgIpc) is 2.20. The zero-order valence-corrected chi connectivity index (χ0v) is 10.1. The molecule has 0 radical (unpaired) electrons. The molecule has 0 saturated carbocycles. The minimum Gasteiger partial charge on any atom is -0.480 e. The van der Waals surface area contributed by atoms with Crippen molar-refractivity contribution in [2.75, 3.05) is 0 Å². The number of carboxylic acid groups (broad SMARTS) is 2. The number of hydrogen-bond donors (Lipinski definition) is 2. The number of hydrogen-bond acceptors (Lipinski definition) is 4. The highest BCUT2D eigenvalue weighted by molar-refractivity contribution is 7.34. The maximum Gasteiger partial charge on any atom is 0.333 e. The van der Waals surface area contributed by atoms with Crippen LogP contribution in [0.2, 0.25) is 0 Å². The smallest absolute Gasteiger partial charge is 0.333 e. The molecular formula is C9H15O6P. The molecule has 0 saturated heterocycles. The molecule has 0 heterocycles. The van der Waals surface area contributed by atoms with Crippen LogP contribution in [-0.2, 0) is 18.7 Å². The normalized spacial score (nSPS) is 9.62. The lowest BCUT2D eigenvalue weighted by molar-refractivity contribution is -0.140. The zero-order chi connectivity index (χ0) is 13.4. The zero-order valence-electron chi connectivity index (χ0n) is 9.17. The Kier molecular flexibility index (Phi) is 8.30. The average molecular weight is 250 g/mol. The molecule has 0 aromatic carbocycles. The molecule has 0 bridgehead atoms. The Morgan fingerprint density at radius 1 is 1.25 bits per heavy atom. The lowest BCUT2D eigenvalue weighted by Gasteiger charge is -2.16. The van der Waals surface area contributed by atoms with Crippen LogP contribution in [-0.4, -0.2) is 27.3 Å². The van der Waals surface area contributed by atoms with Crippen molar-refractivity contribution in [3.05, 3.63) is 12.7 Å². The summed E-state index contributed by atoms with van der Waals surface area (Å²) in [6.07, 6.45) is 1.08. The van der Waals surface area contributed by atoms with Crippen LogP contribution in [0, 0.1) is 0 Å². The van der Waals surface area contributed by atoms with Gasteiger partial charge in [-0.3, -0.25) is 4.79 Å². The summed E-state index contributed by atoms with van der Waals surface area (Å²) in [4.78, 5) is 19.8. The minimum atomic E-state index is -2.89. The molecule has 2 N–H and O–H groups in total. The monoisotopic (exact) mass is 250 g/mol. The van der Waals surface area contributed by atoms with Gasteiger partial charge in [0.15, 0.2) is 5.16 Å². The van der Waals surface area contributed by atoms with Crippen LogP contribution < -0.4 is 0 Å². The van der Waals surface area contributed by atoms with Gasteiger partial charge < -0.3 is 10.2 Å². The molecule has 0 unspecified atom stereocenters. The van der Waals surface area contributed by atoms with Crippen molar-refractivity contribution in [3.63, 3.8) is 0 Å². The van der Waals surface area contributed by atoms with E-state index in [1.807, 2.05) is 0 Å². The summed E-state index contributed by atoms with van der Waals surface area (Å²) in [5, 5.41) is 14.7. The summed E-state index contributed by atoms with van der Waals surface area (Å²) >= 11 is 0. The predicted octanol–water partition coefficient (Wildman–Crippen LogP) is 2.06. The first-order chi connectivity index (χ1) is 7.28. The highest BCUT2D eigenvalue weighted by atomic mass is 31.1. The summed E-state index contributed by atoms with van der Waals surface area (Å²) in [6.45, 7) is 6.08. The van der Waals surface area contributed by atoms with E-state index in [1.165, 1.54) is 0 Å². The predicted molar refractivity (Wildman–Crippen MR) is 57.1 cm³/mol. The van der Waals surface area contributed by atoms with Crippen molar-refractivity contribution in [1.82, 2.24) is 0 Å². The highest BCUT2D eigenvalue weighted by Gasteiger charge is 2.41. The van der Waals surface area contributed by atoms with Crippen LogP contribution in [0.3, 0.4) is 0 Å². The fourth-order valence-corrected chi connectivity index (χ4v) is 1.56. The van der Waals surface area contributed by atoms with Gasteiger partial charge in [0, 0.05) is 6.08 Å². The number of rotatable bonds is 5. The first kappa shape index (κ1) is 17.0. The molecule has 92 valence electrons. The van der Waals surface area contributed by atoms with Crippen molar-refractivity contribution in [2.45, 2.75) is 31.8 Å². The van der Waals surface area contributed by atoms with Gasteiger partial charge in [0.1, 0.15) is 0 Å². The Morgan fingerprint density at radius 2 is 1.56 bits per heavy atom. The largest absolute Gasteiger partial charge is 0.480 e. The van der Waals surface area contributed by atoms with E-state index in [0.29, 0.717) is 0 Å². The Labute approximate surface area is 93.8 Å². The molecule has 6 nitrogen and oxygen atoms in total. The fraction of sp³-hybridized carbons (Fsp3) is 0.556. The molecule has 0 fully saturated rings. The quantitative estimate of drug-likeness (QED) is 0.571. The Morgan fingerprint density at radius 3 is 1.56 bits per heavy atom. The Balaban J connectivity index is 0. The van der Waals surface area contributed by atoms with E-state index < -0.39 is 24.8 Å². The summed E-state index contributed by atoms with van der Waals surface area (Å²) in [5.41, 5.74) is 0. The Bertz CT molecular complexity index is 319. The maximum absolute atomic E-state index is 10.6. The van der Waals surface area contributed by atoms with Crippen LogP contribution in [0.25, 0.3) is 0 Å². The van der Waals surface area contributed by atoms with Crippen molar-refractivity contribution in [2.24, 2.45) is 0 Å². The van der Waals surface area contributed by atoms with Gasteiger partial charge in [-0.15, -0.1) is 0 Å². The first-order valence-electron chi connectivity index (χ1n) is 4.51. The summed E-state index contributed by atoms with van der Waals surface area (Å²) < 4.78 is 21.2. The molecule has 0 aliphatic heterocycles. The van der Waals surface area contributed by atoms with Gasteiger partial charge in [0.05, 0.1) is 0 Å². The van der Waals surface area contributed by atoms with Crippen molar-refractivity contribution >= 4 is 19.6 Å². The van der Waals surface area contributed by atoms with Gasteiger partial charge >= 0.3 is 19.6 Å².